The minimum atomic E-state index is -3.48. The number of ether oxygens (including phenoxy) is 2. The summed E-state index contributed by atoms with van der Waals surface area (Å²) in [7, 11) is -3.48. The topological polar surface area (TPSA) is 74.3 Å². The summed E-state index contributed by atoms with van der Waals surface area (Å²) in [5.41, 5.74) is 0. The van der Waals surface area contributed by atoms with Gasteiger partial charge in [-0.3, -0.25) is 0 Å². The molecule has 0 aromatic heterocycles. The van der Waals surface area contributed by atoms with Crippen molar-refractivity contribution < 1.29 is 26.9 Å². The standard InChI is InChI=1S/C18H25NO6SSe/c1-18(2)23-16-14-9-12(10-22-26(3,20)21)25-19(14)15(17(16)24-18)11-27-13-7-5-4-6-8-13/h4-8,12,14-17H,9-11H2,1-3H3/t12-,14-,15-,16-,17+/m0/s1. The molecule has 5 atom stereocenters. The first kappa shape index (κ1) is 19.8. The van der Waals surface area contributed by atoms with Gasteiger partial charge in [0.15, 0.2) is 0 Å². The van der Waals surface area contributed by atoms with Crippen LogP contribution in [0.2, 0.25) is 5.32 Å². The first-order valence-electron chi connectivity index (χ1n) is 9.05. The van der Waals surface area contributed by atoms with Gasteiger partial charge in [0.2, 0.25) is 0 Å². The zero-order chi connectivity index (χ0) is 19.2. The summed E-state index contributed by atoms with van der Waals surface area (Å²) < 4.78 is 41.2. The van der Waals surface area contributed by atoms with Crippen LogP contribution in [-0.2, 0) is 28.6 Å². The number of benzene rings is 1. The predicted octanol–water partition coefficient (Wildman–Crippen LogP) is 0.687. The van der Waals surface area contributed by atoms with Gasteiger partial charge in [0.25, 0.3) is 0 Å². The van der Waals surface area contributed by atoms with E-state index in [-0.39, 0.29) is 52.0 Å². The Kier molecular flexibility index (Phi) is 5.41. The van der Waals surface area contributed by atoms with Crippen molar-refractivity contribution in [3.8, 4) is 0 Å². The Morgan fingerprint density at radius 3 is 2.63 bits per heavy atom. The molecule has 3 aliphatic rings. The van der Waals surface area contributed by atoms with Crippen molar-refractivity contribution in [2.45, 2.75) is 61.8 Å². The van der Waals surface area contributed by atoms with Crippen molar-refractivity contribution in [2.24, 2.45) is 0 Å². The van der Waals surface area contributed by atoms with Gasteiger partial charge in [-0.15, -0.1) is 0 Å². The van der Waals surface area contributed by atoms with Crippen molar-refractivity contribution in [1.82, 2.24) is 5.06 Å². The average Bonchev–Trinajstić information content (AvgIpc) is 3.20. The monoisotopic (exact) mass is 463 g/mol. The Morgan fingerprint density at radius 1 is 1.22 bits per heavy atom. The number of hydroxylamine groups is 2. The molecule has 1 aromatic carbocycles. The first-order valence-corrected chi connectivity index (χ1v) is 12.9. The van der Waals surface area contributed by atoms with Crippen LogP contribution in [0, 0.1) is 0 Å². The van der Waals surface area contributed by atoms with Crippen molar-refractivity contribution in [3.05, 3.63) is 30.3 Å². The van der Waals surface area contributed by atoms with E-state index in [4.69, 9.17) is 18.5 Å². The van der Waals surface area contributed by atoms with Gasteiger partial charge >= 0.3 is 166 Å². The molecule has 0 spiro atoms. The van der Waals surface area contributed by atoms with Crippen molar-refractivity contribution in [1.29, 1.82) is 0 Å². The summed E-state index contributed by atoms with van der Waals surface area (Å²) in [4.78, 5) is 6.08. The van der Waals surface area contributed by atoms with Gasteiger partial charge in [-0.25, -0.2) is 0 Å². The summed E-state index contributed by atoms with van der Waals surface area (Å²) in [6, 6.07) is 10.6. The number of fused-ring (bicyclic) bond motifs is 3. The summed E-state index contributed by atoms with van der Waals surface area (Å²) in [6.45, 7) is 3.91. The van der Waals surface area contributed by atoms with Crippen LogP contribution < -0.4 is 4.46 Å². The van der Waals surface area contributed by atoms with E-state index < -0.39 is 15.9 Å². The van der Waals surface area contributed by atoms with Crippen LogP contribution >= 0.6 is 0 Å². The van der Waals surface area contributed by atoms with E-state index in [0.29, 0.717) is 6.42 Å². The van der Waals surface area contributed by atoms with E-state index in [0.717, 1.165) is 11.6 Å². The third-order valence-electron chi connectivity index (χ3n) is 4.98. The second-order valence-corrected chi connectivity index (χ2v) is 11.6. The fourth-order valence-electron chi connectivity index (χ4n) is 3.99. The average molecular weight is 462 g/mol. The van der Waals surface area contributed by atoms with Gasteiger partial charge in [-0.2, -0.15) is 0 Å². The van der Waals surface area contributed by atoms with E-state index in [1.54, 1.807) is 0 Å². The molecule has 0 N–H and O–H groups in total. The molecule has 0 unspecified atom stereocenters. The second kappa shape index (κ2) is 7.39. The molecule has 3 aliphatic heterocycles. The predicted molar refractivity (Wildman–Crippen MR) is 100 cm³/mol. The van der Waals surface area contributed by atoms with Crippen LogP contribution in [-0.4, -0.2) is 77.5 Å². The molecule has 3 saturated heterocycles. The van der Waals surface area contributed by atoms with Crippen LogP contribution in [0.4, 0.5) is 0 Å². The van der Waals surface area contributed by atoms with Crippen LogP contribution in [0.15, 0.2) is 30.3 Å². The van der Waals surface area contributed by atoms with E-state index in [1.165, 1.54) is 4.46 Å². The fraction of sp³-hybridized carbons (Fsp3) is 0.667. The molecular weight excluding hydrogens is 437 g/mol. The van der Waals surface area contributed by atoms with Crippen LogP contribution in [0.25, 0.3) is 0 Å². The molecule has 0 aliphatic carbocycles. The number of rotatable bonds is 6. The maximum atomic E-state index is 11.3. The Labute approximate surface area is 166 Å². The van der Waals surface area contributed by atoms with Gasteiger partial charge in [-0.05, 0) is 0 Å². The number of hydrogen-bond acceptors (Lipinski definition) is 7. The molecule has 0 amide bonds. The molecular formula is C18H25NO6SSe. The van der Waals surface area contributed by atoms with Crippen molar-refractivity contribution in [3.63, 3.8) is 0 Å². The molecule has 3 heterocycles. The van der Waals surface area contributed by atoms with Crippen LogP contribution in [0.5, 0.6) is 0 Å². The van der Waals surface area contributed by atoms with Gasteiger partial charge in [-0.1, -0.05) is 0 Å². The quantitative estimate of drug-likeness (QED) is 0.455. The third-order valence-corrected chi connectivity index (χ3v) is 7.88. The van der Waals surface area contributed by atoms with Crippen LogP contribution in [0.1, 0.15) is 20.3 Å². The number of nitrogens with zero attached hydrogens (tertiary/aromatic N) is 1. The third kappa shape index (κ3) is 4.41. The molecule has 7 nitrogen and oxygen atoms in total. The summed E-state index contributed by atoms with van der Waals surface area (Å²) in [6.07, 6.45) is 1.34. The van der Waals surface area contributed by atoms with Gasteiger partial charge in [0.1, 0.15) is 0 Å². The van der Waals surface area contributed by atoms with Gasteiger partial charge in [0, 0.05) is 0 Å². The normalized spacial score (nSPS) is 35.3. The molecule has 0 bridgehead atoms. The molecule has 150 valence electrons. The van der Waals surface area contributed by atoms with Crippen LogP contribution in [0.3, 0.4) is 0 Å². The van der Waals surface area contributed by atoms with E-state index in [1.807, 2.05) is 25.0 Å². The van der Waals surface area contributed by atoms with Crippen molar-refractivity contribution >= 4 is 29.5 Å². The molecule has 0 radical (unpaired) electrons. The first-order chi connectivity index (χ1) is 12.7. The zero-order valence-corrected chi connectivity index (χ0v) is 18.1. The summed E-state index contributed by atoms with van der Waals surface area (Å²) in [5, 5.41) is 2.93. The SMILES string of the molecule is CC1(C)O[C@@H]2[C@H](O1)[C@H](C[Se]c1ccccc1)N1O[C@H](COS(C)(=O)=O)C[C@@H]21. The number of hydrogen-bond donors (Lipinski definition) is 0. The van der Waals surface area contributed by atoms with Gasteiger partial charge in [0.05, 0.1) is 0 Å². The molecule has 1 aromatic rings. The van der Waals surface area contributed by atoms with E-state index >= 15 is 0 Å². The molecule has 27 heavy (non-hydrogen) atoms. The Hall–Kier alpha value is -0.511. The Bertz CT molecular complexity index is 773. The van der Waals surface area contributed by atoms with Gasteiger partial charge < -0.3 is 0 Å². The second-order valence-electron chi connectivity index (χ2n) is 7.64. The molecule has 0 saturated carbocycles. The fourth-order valence-corrected chi connectivity index (χ4v) is 6.59. The Balaban J connectivity index is 1.47. The molecule has 4 rings (SSSR count). The zero-order valence-electron chi connectivity index (χ0n) is 15.6. The summed E-state index contributed by atoms with van der Waals surface area (Å²) >= 11 is 0.284. The molecule has 9 heteroatoms. The van der Waals surface area contributed by atoms with Crippen molar-refractivity contribution in [2.75, 3.05) is 12.9 Å². The Morgan fingerprint density at radius 2 is 1.93 bits per heavy atom. The maximum absolute atomic E-state index is 11.3. The van der Waals surface area contributed by atoms with E-state index in [9.17, 15) is 8.42 Å². The molecule has 3 fully saturated rings. The summed E-state index contributed by atoms with van der Waals surface area (Å²) in [5.74, 6) is -0.610. The minimum absolute atomic E-state index is 0.0318. The van der Waals surface area contributed by atoms with E-state index in [2.05, 4.69) is 24.3 Å².